The maximum Gasteiger partial charge on any atom is 0.0798 e. The van der Waals surface area contributed by atoms with Crippen molar-refractivity contribution in [2.45, 2.75) is 25.8 Å². The summed E-state index contributed by atoms with van der Waals surface area (Å²) in [5.41, 5.74) is 2.99. The molecule has 70 valence electrons. The predicted molar refractivity (Wildman–Crippen MR) is 56.7 cm³/mol. The molecule has 0 aliphatic rings. The highest BCUT2D eigenvalue weighted by Crippen LogP contribution is 2.24. The molecule has 13 heavy (non-hydrogen) atoms. The number of nitrogens with zero attached hydrogens (tertiary/aromatic N) is 1. The molecular weight excluding hydrogens is 180 g/mol. The van der Waals surface area contributed by atoms with Crippen molar-refractivity contribution < 1.29 is 0 Å². The molecule has 0 saturated carbocycles. The van der Waals surface area contributed by atoms with Gasteiger partial charge >= 0.3 is 0 Å². The summed E-state index contributed by atoms with van der Waals surface area (Å²) in [6.45, 7) is 2.03. The largest absolute Gasteiger partial charge is 0.312 e. The summed E-state index contributed by atoms with van der Waals surface area (Å²) in [5, 5.41) is 3.25. The van der Waals surface area contributed by atoms with Gasteiger partial charge in [0.2, 0.25) is 0 Å². The molecule has 1 unspecified atom stereocenters. The van der Waals surface area contributed by atoms with Gasteiger partial charge in [-0.3, -0.25) is 0 Å². The molecule has 1 N–H and O–H groups in total. The Morgan fingerprint density at radius 2 is 2.54 bits per heavy atom. The van der Waals surface area contributed by atoms with Gasteiger partial charge in [0.25, 0.3) is 0 Å². The molecule has 0 radical (unpaired) electrons. The van der Waals surface area contributed by atoms with Gasteiger partial charge in [0.1, 0.15) is 0 Å². The third-order valence-electron chi connectivity index (χ3n) is 2.02. The van der Waals surface area contributed by atoms with Gasteiger partial charge in [-0.2, -0.15) is 0 Å². The van der Waals surface area contributed by atoms with Crippen LogP contribution in [0, 0.1) is 19.3 Å². The Morgan fingerprint density at radius 3 is 3.00 bits per heavy atom. The summed E-state index contributed by atoms with van der Waals surface area (Å²) in [6, 6.07) is 0.364. The van der Waals surface area contributed by atoms with Crippen LogP contribution in [-0.4, -0.2) is 12.0 Å². The summed E-state index contributed by atoms with van der Waals surface area (Å²) < 4.78 is 0. The quantitative estimate of drug-likeness (QED) is 0.743. The first-order valence-corrected chi connectivity index (χ1v) is 5.18. The summed E-state index contributed by atoms with van der Waals surface area (Å²) in [5.74, 6) is 2.66. The fourth-order valence-electron chi connectivity index (χ4n) is 1.28. The molecule has 2 nitrogen and oxygen atoms in total. The zero-order valence-electron chi connectivity index (χ0n) is 8.00. The number of rotatable bonds is 4. The molecule has 0 bridgehead atoms. The first-order valence-electron chi connectivity index (χ1n) is 4.30. The lowest BCUT2D eigenvalue weighted by molar-refractivity contribution is 0.564. The Morgan fingerprint density at radius 1 is 1.77 bits per heavy atom. The molecule has 1 heterocycles. The van der Waals surface area contributed by atoms with Crippen LogP contribution in [0.15, 0.2) is 5.51 Å². The molecule has 0 fully saturated rings. The van der Waals surface area contributed by atoms with Crippen LogP contribution in [0.5, 0.6) is 0 Å². The van der Waals surface area contributed by atoms with Crippen LogP contribution in [0.1, 0.15) is 29.5 Å². The van der Waals surface area contributed by atoms with Crippen LogP contribution >= 0.6 is 11.3 Å². The zero-order chi connectivity index (χ0) is 9.68. The second kappa shape index (κ2) is 5.00. The Labute approximate surface area is 83.4 Å². The van der Waals surface area contributed by atoms with Crippen molar-refractivity contribution >= 4 is 11.3 Å². The van der Waals surface area contributed by atoms with E-state index in [1.807, 2.05) is 19.5 Å². The lowest BCUT2D eigenvalue weighted by Gasteiger charge is -2.13. The number of aryl methyl sites for hydroxylation is 1. The molecule has 3 heteroatoms. The maximum atomic E-state index is 5.23. The Balaban J connectivity index is 2.68. The molecule has 0 spiro atoms. The van der Waals surface area contributed by atoms with Crippen LogP contribution in [-0.2, 0) is 0 Å². The van der Waals surface area contributed by atoms with Gasteiger partial charge in [-0.05, 0) is 20.4 Å². The minimum Gasteiger partial charge on any atom is -0.312 e. The third kappa shape index (κ3) is 2.55. The van der Waals surface area contributed by atoms with Crippen molar-refractivity contribution in [3.05, 3.63) is 16.1 Å². The second-order valence-corrected chi connectivity index (χ2v) is 3.77. The van der Waals surface area contributed by atoms with Crippen LogP contribution in [0.3, 0.4) is 0 Å². The van der Waals surface area contributed by atoms with Gasteiger partial charge in [0.05, 0.1) is 11.2 Å². The Kier molecular flexibility index (Phi) is 3.94. The van der Waals surface area contributed by atoms with Crippen molar-refractivity contribution in [3.8, 4) is 12.3 Å². The minimum atomic E-state index is 0.364. The number of terminal acetylenes is 1. The molecule has 0 saturated heterocycles. The van der Waals surface area contributed by atoms with Gasteiger partial charge < -0.3 is 5.32 Å². The van der Waals surface area contributed by atoms with E-state index in [2.05, 4.69) is 16.2 Å². The van der Waals surface area contributed by atoms with Crippen molar-refractivity contribution in [2.24, 2.45) is 0 Å². The highest BCUT2D eigenvalue weighted by Gasteiger charge is 2.12. The molecular formula is C10H14N2S. The number of hydrogen-bond donors (Lipinski definition) is 1. The minimum absolute atomic E-state index is 0.364. The standard InChI is InChI=1S/C10H14N2S/c1-4-5-6-9(11-3)10-8(2)12-7-13-10/h1,7,9,11H,5-6H2,2-3H3. The van der Waals surface area contributed by atoms with E-state index in [0.29, 0.717) is 6.04 Å². The first-order chi connectivity index (χ1) is 6.29. The van der Waals surface area contributed by atoms with E-state index in [0.717, 1.165) is 18.5 Å². The predicted octanol–water partition coefficient (Wildman–Crippen LogP) is 2.13. The summed E-state index contributed by atoms with van der Waals surface area (Å²) in [4.78, 5) is 5.52. The smallest absolute Gasteiger partial charge is 0.0798 e. The molecule has 1 atom stereocenters. The van der Waals surface area contributed by atoms with Gasteiger partial charge in [0.15, 0.2) is 0 Å². The van der Waals surface area contributed by atoms with E-state index in [4.69, 9.17) is 6.42 Å². The molecule has 1 aromatic heterocycles. The summed E-state index contributed by atoms with van der Waals surface area (Å²) in [6.07, 6.45) is 7.02. The van der Waals surface area contributed by atoms with Crippen LogP contribution < -0.4 is 5.32 Å². The lowest BCUT2D eigenvalue weighted by atomic mass is 10.1. The Hall–Kier alpha value is -0.850. The van der Waals surface area contributed by atoms with Crippen molar-refractivity contribution in [1.82, 2.24) is 10.3 Å². The number of thiazole rings is 1. The highest BCUT2D eigenvalue weighted by molar-refractivity contribution is 7.09. The van der Waals surface area contributed by atoms with Crippen LogP contribution in [0.2, 0.25) is 0 Å². The third-order valence-corrected chi connectivity index (χ3v) is 3.07. The van der Waals surface area contributed by atoms with Crippen LogP contribution in [0.4, 0.5) is 0 Å². The maximum absolute atomic E-state index is 5.23. The molecule has 1 rings (SSSR count). The van der Waals surface area contributed by atoms with E-state index in [1.54, 1.807) is 11.3 Å². The van der Waals surface area contributed by atoms with Gasteiger partial charge in [0, 0.05) is 17.3 Å². The van der Waals surface area contributed by atoms with Crippen molar-refractivity contribution in [1.29, 1.82) is 0 Å². The normalized spacial score (nSPS) is 12.4. The van der Waals surface area contributed by atoms with E-state index >= 15 is 0 Å². The van der Waals surface area contributed by atoms with Crippen molar-refractivity contribution in [2.75, 3.05) is 7.05 Å². The Bertz CT molecular complexity index is 298. The van der Waals surface area contributed by atoms with Crippen LogP contribution in [0.25, 0.3) is 0 Å². The zero-order valence-corrected chi connectivity index (χ0v) is 8.82. The van der Waals surface area contributed by atoms with E-state index in [1.165, 1.54) is 4.88 Å². The first kappa shape index (κ1) is 10.2. The topological polar surface area (TPSA) is 24.9 Å². The SMILES string of the molecule is C#CCCC(NC)c1scnc1C. The molecule has 0 aromatic carbocycles. The highest BCUT2D eigenvalue weighted by atomic mass is 32.1. The molecule has 0 amide bonds. The van der Waals surface area contributed by atoms with Gasteiger partial charge in [-0.1, -0.05) is 0 Å². The second-order valence-electron chi connectivity index (χ2n) is 2.89. The molecule has 1 aromatic rings. The number of aromatic nitrogens is 1. The van der Waals surface area contributed by atoms with E-state index in [-0.39, 0.29) is 0 Å². The number of nitrogens with one attached hydrogen (secondary N) is 1. The fourth-order valence-corrected chi connectivity index (χ4v) is 2.23. The monoisotopic (exact) mass is 194 g/mol. The average Bonchev–Trinajstić information content (AvgIpc) is 2.54. The number of hydrogen-bond acceptors (Lipinski definition) is 3. The van der Waals surface area contributed by atoms with Crippen molar-refractivity contribution in [3.63, 3.8) is 0 Å². The van der Waals surface area contributed by atoms with Gasteiger partial charge in [-0.15, -0.1) is 23.7 Å². The molecule has 0 aliphatic heterocycles. The summed E-state index contributed by atoms with van der Waals surface area (Å²) in [7, 11) is 1.96. The summed E-state index contributed by atoms with van der Waals surface area (Å²) >= 11 is 1.69. The van der Waals surface area contributed by atoms with E-state index in [9.17, 15) is 0 Å². The average molecular weight is 194 g/mol. The van der Waals surface area contributed by atoms with Gasteiger partial charge in [-0.25, -0.2) is 4.98 Å². The van der Waals surface area contributed by atoms with E-state index < -0.39 is 0 Å². The lowest BCUT2D eigenvalue weighted by Crippen LogP contribution is -2.15. The fraction of sp³-hybridized carbons (Fsp3) is 0.500. The molecule has 0 aliphatic carbocycles.